The summed E-state index contributed by atoms with van der Waals surface area (Å²) in [6.07, 6.45) is 0. The molecule has 1 aromatic carbocycles. The van der Waals surface area contributed by atoms with E-state index in [2.05, 4.69) is 25.3 Å². The molecular formula is C12H20O9S3. The molecule has 0 saturated carbocycles. The second kappa shape index (κ2) is 18.0. The van der Waals surface area contributed by atoms with Crippen LogP contribution in [0.5, 0.6) is 0 Å². The fourth-order valence-electron chi connectivity index (χ4n) is 0.592. The predicted octanol–water partition coefficient (Wildman–Crippen LogP) is -0.0941. The zero-order chi connectivity index (χ0) is 19.6. The molecule has 0 fully saturated rings. The molecule has 1 aromatic rings. The van der Waals surface area contributed by atoms with Crippen LogP contribution in [0.1, 0.15) is 0 Å². The van der Waals surface area contributed by atoms with E-state index in [0.29, 0.717) is 0 Å². The van der Waals surface area contributed by atoms with E-state index in [9.17, 15) is 18.0 Å². The zero-order valence-electron chi connectivity index (χ0n) is 12.4. The van der Waals surface area contributed by atoms with Gasteiger partial charge in [-0.1, -0.05) is 18.2 Å². The van der Waals surface area contributed by atoms with Gasteiger partial charge in [0.15, 0.2) is 0 Å². The Morgan fingerprint density at radius 3 is 1.29 bits per heavy atom. The Kier molecular flexibility index (Phi) is 20.7. The van der Waals surface area contributed by atoms with Crippen molar-refractivity contribution in [2.45, 2.75) is 4.90 Å². The van der Waals surface area contributed by atoms with Crippen LogP contribution in [0.4, 0.5) is 0 Å². The maximum atomic E-state index is 10.4. The monoisotopic (exact) mass is 404 g/mol. The van der Waals surface area contributed by atoms with Gasteiger partial charge in [0.25, 0.3) is 10.1 Å². The Hall–Kier alpha value is -1.31. The van der Waals surface area contributed by atoms with Crippen LogP contribution < -0.4 is 0 Å². The number of rotatable bonds is 4. The molecule has 140 valence electrons. The lowest BCUT2D eigenvalue weighted by Crippen LogP contribution is -1.96. The average molecular weight is 404 g/mol. The van der Waals surface area contributed by atoms with Gasteiger partial charge in [-0.3, -0.25) is 14.1 Å². The van der Waals surface area contributed by atoms with Crippen LogP contribution in [0.15, 0.2) is 35.2 Å². The molecule has 0 aliphatic rings. The van der Waals surface area contributed by atoms with Gasteiger partial charge >= 0.3 is 11.9 Å². The Morgan fingerprint density at radius 1 is 0.875 bits per heavy atom. The van der Waals surface area contributed by atoms with Gasteiger partial charge in [0.2, 0.25) is 0 Å². The van der Waals surface area contributed by atoms with Crippen molar-refractivity contribution < 1.29 is 43.0 Å². The van der Waals surface area contributed by atoms with Crippen LogP contribution >= 0.6 is 25.3 Å². The SMILES string of the molecule is O=C(O)CS.O=C(O)CS.O=S(=O)(O)c1ccccc1.OCCO. The van der Waals surface area contributed by atoms with Gasteiger partial charge in [-0.15, -0.1) is 0 Å². The summed E-state index contributed by atoms with van der Waals surface area (Å²) in [4.78, 5) is 18.5. The molecule has 1 rings (SSSR count). The number of aliphatic hydroxyl groups is 2. The first-order valence-corrected chi connectivity index (χ1v) is 8.66. The highest BCUT2D eigenvalue weighted by Crippen LogP contribution is 2.05. The molecule has 0 amide bonds. The van der Waals surface area contributed by atoms with Crippen LogP contribution in [0, 0.1) is 0 Å². The lowest BCUT2D eigenvalue weighted by molar-refractivity contribution is -0.134. The molecule has 0 saturated heterocycles. The van der Waals surface area contributed by atoms with Crippen molar-refractivity contribution in [2.75, 3.05) is 24.7 Å². The molecule has 0 aliphatic heterocycles. The van der Waals surface area contributed by atoms with E-state index < -0.39 is 22.1 Å². The summed E-state index contributed by atoms with van der Waals surface area (Å²) in [7, 11) is -4.00. The van der Waals surface area contributed by atoms with Crippen LogP contribution in [0.3, 0.4) is 0 Å². The normalized spacial score (nSPS) is 9.04. The number of hydrogen-bond acceptors (Lipinski definition) is 8. The van der Waals surface area contributed by atoms with E-state index >= 15 is 0 Å². The van der Waals surface area contributed by atoms with E-state index in [1.54, 1.807) is 18.2 Å². The van der Waals surface area contributed by atoms with Crippen molar-refractivity contribution in [3.05, 3.63) is 30.3 Å². The highest BCUT2D eigenvalue weighted by Gasteiger charge is 2.05. The van der Waals surface area contributed by atoms with Gasteiger partial charge in [-0.2, -0.15) is 33.7 Å². The first-order valence-electron chi connectivity index (χ1n) is 5.96. The molecule has 0 atom stereocenters. The molecule has 9 nitrogen and oxygen atoms in total. The van der Waals surface area contributed by atoms with Crippen molar-refractivity contribution in [3.63, 3.8) is 0 Å². The minimum absolute atomic E-state index is 0.0741. The van der Waals surface area contributed by atoms with Crippen LogP contribution in [-0.4, -0.2) is 70.1 Å². The van der Waals surface area contributed by atoms with Gasteiger partial charge in [0.1, 0.15) is 0 Å². The van der Waals surface area contributed by atoms with Gasteiger partial charge in [0, 0.05) is 0 Å². The van der Waals surface area contributed by atoms with Crippen molar-refractivity contribution in [2.24, 2.45) is 0 Å². The lowest BCUT2D eigenvalue weighted by atomic mass is 10.4. The van der Waals surface area contributed by atoms with Crippen LogP contribution in [0.2, 0.25) is 0 Å². The van der Waals surface area contributed by atoms with Crippen LogP contribution in [0.25, 0.3) is 0 Å². The number of aliphatic hydroxyl groups excluding tert-OH is 2. The highest BCUT2D eigenvalue weighted by molar-refractivity contribution is 7.85. The predicted molar refractivity (Wildman–Crippen MR) is 93.4 cm³/mol. The topological polar surface area (TPSA) is 169 Å². The van der Waals surface area contributed by atoms with Crippen molar-refractivity contribution in [1.29, 1.82) is 0 Å². The van der Waals surface area contributed by atoms with E-state index in [-0.39, 0.29) is 29.6 Å². The summed E-state index contributed by atoms with van der Waals surface area (Å²) in [6, 6.07) is 7.42. The maximum Gasteiger partial charge on any atom is 0.313 e. The van der Waals surface area contributed by atoms with Crippen molar-refractivity contribution >= 4 is 47.3 Å². The van der Waals surface area contributed by atoms with Gasteiger partial charge in [-0.25, -0.2) is 0 Å². The standard InChI is InChI=1S/C6H6O3S.2C2H4O2S.C2H6O2/c7-10(8,9)6-4-2-1-3-5-6;2*3-2(4)1-5;3-1-2-4/h1-5H,(H,7,8,9);2*5H,1H2,(H,3,4);3-4H,1-2H2. The van der Waals surface area contributed by atoms with Gasteiger partial charge in [0.05, 0.1) is 29.6 Å². The highest BCUT2D eigenvalue weighted by atomic mass is 32.2. The van der Waals surface area contributed by atoms with Crippen LogP contribution in [-0.2, 0) is 19.7 Å². The third-order valence-corrected chi connectivity index (χ3v) is 2.82. The maximum absolute atomic E-state index is 10.4. The summed E-state index contributed by atoms with van der Waals surface area (Å²) in [6.45, 7) is -0.250. The molecule has 0 aliphatic carbocycles. The lowest BCUT2D eigenvalue weighted by Gasteiger charge is -1.92. The second-order valence-electron chi connectivity index (χ2n) is 3.34. The third kappa shape index (κ3) is 25.6. The first-order chi connectivity index (χ1) is 11.1. The second-order valence-corrected chi connectivity index (χ2v) is 5.39. The average Bonchev–Trinajstić information content (AvgIpc) is 2.56. The minimum atomic E-state index is -4.00. The van der Waals surface area contributed by atoms with Crippen molar-refractivity contribution in [1.82, 2.24) is 0 Å². The molecule has 0 bridgehead atoms. The number of aliphatic carboxylic acids is 2. The van der Waals surface area contributed by atoms with Gasteiger partial charge < -0.3 is 20.4 Å². The minimum Gasteiger partial charge on any atom is -0.481 e. The molecular weight excluding hydrogens is 384 g/mol. The molecule has 0 aromatic heterocycles. The quantitative estimate of drug-likeness (QED) is 0.268. The fourth-order valence-corrected chi connectivity index (χ4v) is 1.09. The summed E-state index contributed by atoms with van der Waals surface area (Å²) in [5, 5.41) is 30.5. The summed E-state index contributed by atoms with van der Waals surface area (Å²) in [5.41, 5.74) is 0. The number of hydrogen-bond donors (Lipinski definition) is 7. The molecule has 24 heavy (non-hydrogen) atoms. The number of carboxylic acids is 2. The third-order valence-electron chi connectivity index (χ3n) is 1.41. The number of benzene rings is 1. The van der Waals surface area contributed by atoms with E-state index in [1.165, 1.54) is 12.1 Å². The Bertz CT molecular complexity index is 516. The summed E-state index contributed by atoms with van der Waals surface area (Å²) in [5.74, 6) is -1.93. The molecule has 0 radical (unpaired) electrons. The Labute approximate surface area is 150 Å². The number of carboxylic acid groups (broad SMARTS) is 2. The molecule has 0 heterocycles. The number of carbonyl (C=O) groups is 2. The van der Waals surface area contributed by atoms with E-state index in [4.69, 9.17) is 25.0 Å². The molecule has 5 N–H and O–H groups in total. The summed E-state index contributed by atoms with van der Waals surface area (Å²) >= 11 is 6.83. The molecule has 12 heteroatoms. The Balaban J connectivity index is -0.000000270. The number of thiol groups is 2. The Morgan fingerprint density at radius 2 is 1.17 bits per heavy atom. The van der Waals surface area contributed by atoms with Crippen molar-refractivity contribution in [3.8, 4) is 0 Å². The smallest absolute Gasteiger partial charge is 0.313 e. The fraction of sp³-hybridized carbons (Fsp3) is 0.333. The zero-order valence-corrected chi connectivity index (χ0v) is 15.0. The summed E-state index contributed by atoms with van der Waals surface area (Å²) < 4.78 is 29.2. The molecule has 0 spiro atoms. The van der Waals surface area contributed by atoms with E-state index in [1.807, 2.05) is 0 Å². The first kappa shape index (κ1) is 27.5. The largest absolute Gasteiger partial charge is 0.481 e. The van der Waals surface area contributed by atoms with E-state index in [0.717, 1.165) is 0 Å². The molecule has 0 unspecified atom stereocenters. The van der Waals surface area contributed by atoms with Gasteiger partial charge in [-0.05, 0) is 12.1 Å².